The minimum atomic E-state index is -3.44. The molecular formula is C20H29IN4O3S2. The monoisotopic (exact) mass is 564 g/mol. The molecule has 30 heavy (non-hydrogen) atoms. The number of nitrogens with one attached hydrogen (secondary N) is 2. The molecule has 1 aromatic carbocycles. The fraction of sp³-hybridized carbons (Fsp3) is 0.450. The molecule has 0 atom stereocenters. The second kappa shape index (κ2) is 11.4. The summed E-state index contributed by atoms with van der Waals surface area (Å²) >= 11 is 1.29. The lowest BCUT2D eigenvalue weighted by Gasteiger charge is -2.25. The van der Waals surface area contributed by atoms with Crippen LogP contribution in [0.5, 0.6) is 0 Å². The Kier molecular flexibility index (Phi) is 9.54. The maximum Gasteiger partial charge on any atom is 0.252 e. The van der Waals surface area contributed by atoms with Crippen molar-refractivity contribution >= 4 is 51.3 Å². The summed E-state index contributed by atoms with van der Waals surface area (Å²) in [5.41, 5.74) is 3.70. The van der Waals surface area contributed by atoms with Gasteiger partial charge in [0.1, 0.15) is 4.21 Å². The van der Waals surface area contributed by atoms with Crippen LogP contribution in [0.15, 0.2) is 39.5 Å². The highest BCUT2D eigenvalue weighted by molar-refractivity contribution is 14.0. The zero-order valence-electron chi connectivity index (χ0n) is 17.5. The third-order valence-corrected chi connectivity index (χ3v) is 8.25. The van der Waals surface area contributed by atoms with E-state index in [1.54, 1.807) is 13.1 Å². The number of halogens is 1. The number of morpholine rings is 1. The Morgan fingerprint density at radius 3 is 2.50 bits per heavy atom. The summed E-state index contributed by atoms with van der Waals surface area (Å²) in [4.78, 5) is 5.19. The molecule has 166 valence electrons. The number of ether oxygens (including phenoxy) is 1. The minimum absolute atomic E-state index is 0. The van der Waals surface area contributed by atoms with Crippen molar-refractivity contribution in [1.29, 1.82) is 0 Å². The van der Waals surface area contributed by atoms with E-state index in [-0.39, 0.29) is 24.0 Å². The summed E-state index contributed by atoms with van der Waals surface area (Å²) < 4.78 is 32.6. The van der Waals surface area contributed by atoms with Gasteiger partial charge in [-0.3, -0.25) is 4.99 Å². The molecule has 1 fully saturated rings. The highest BCUT2D eigenvalue weighted by atomic mass is 127. The topological polar surface area (TPSA) is 83.0 Å². The molecule has 0 bridgehead atoms. The van der Waals surface area contributed by atoms with Gasteiger partial charge in [-0.2, -0.15) is 4.31 Å². The number of hydrogen-bond donors (Lipinski definition) is 2. The summed E-state index contributed by atoms with van der Waals surface area (Å²) in [6.07, 6.45) is 0. The molecule has 1 aromatic heterocycles. The Balaban J connectivity index is 0.00000320. The van der Waals surface area contributed by atoms with Crippen molar-refractivity contribution in [1.82, 2.24) is 14.9 Å². The maximum atomic E-state index is 12.7. The number of nitrogens with zero attached hydrogens (tertiary/aromatic N) is 2. The predicted octanol–water partition coefficient (Wildman–Crippen LogP) is 2.87. The average molecular weight is 565 g/mol. The van der Waals surface area contributed by atoms with Gasteiger partial charge in [0, 0.05) is 31.6 Å². The molecule has 0 spiro atoms. The van der Waals surface area contributed by atoms with E-state index in [4.69, 9.17) is 4.74 Å². The van der Waals surface area contributed by atoms with Crippen LogP contribution in [0.4, 0.5) is 0 Å². The van der Waals surface area contributed by atoms with Crippen LogP contribution in [0.3, 0.4) is 0 Å². The van der Waals surface area contributed by atoms with E-state index in [1.165, 1.54) is 32.3 Å². The van der Waals surface area contributed by atoms with Gasteiger partial charge < -0.3 is 15.4 Å². The number of aryl methyl sites for hydroxylation is 2. The summed E-state index contributed by atoms with van der Waals surface area (Å²) in [5, 5.41) is 6.56. The molecule has 0 saturated carbocycles. The average Bonchev–Trinajstić information content (AvgIpc) is 3.20. The van der Waals surface area contributed by atoms with Gasteiger partial charge in [-0.15, -0.1) is 35.3 Å². The Morgan fingerprint density at radius 2 is 1.83 bits per heavy atom. The Labute approximate surface area is 200 Å². The summed E-state index contributed by atoms with van der Waals surface area (Å²) in [7, 11) is -1.72. The van der Waals surface area contributed by atoms with Crippen LogP contribution in [0.25, 0.3) is 0 Å². The molecule has 10 heteroatoms. The lowest BCUT2D eigenvalue weighted by molar-refractivity contribution is 0.0731. The zero-order valence-corrected chi connectivity index (χ0v) is 21.4. The summed E-state index contributed by atoms with van der Waals surface area (Å²) in [6, 6.07) is 9.91. The molecule has 1 aliphatic rings. The Bertz CT molecular complexity index is 970. The first kappa shape index (κ1) is 25.1. The number of hydrogen-bond acceptors (Lipinski definition) is 5. The van der Waals surface area contributed by atoms with Gasteiger partial charge in [0.25, 0.3) is 10.0 Å². The van der Waals surface area contributed by atoms with Crippen molar-refractivity contribution in [3.63, 3.8) is 0 Å². The molecule has 0 aliphatic carbocycles. The van der Waals surface area contributed by atoms with Gasteiger partial charge in [-0.05, 0) is 37.1 Å². The molecule has 2 heterocycles. The van der Waals surface area contributed by atoms with Crippen molar-refractivity contribution in [3.05, 3.63) is 51.9 Å². The maximum absolute atomic E-state index is 12.7. The van der Waals surface area contributed by atoms with Crippen LogP contribution in [-0.2, 0) is 27.8 Å². The highest BCUT2D eigenvalue weighted by Gasteiger charge is 2.27. The first-order valence-corrected chi connectivity index (χ1v) is 11.8. The number of sulfonamides is 1. The van der Waals surface area contributed by atoms with Gasteiger partial charge in [-0.1, -0.05) is 23.8 Å². The number of benzene rings is 1. The fourth-order valence-electron chi connectivity index (χ4n) is 3.12. The lowest BCUT2D eigenvalue weighted by atomic mass is 10.1. The summed E-state index contributed by atoms with van der Waals surface area (Å²) in [5.74, 6) is 0.677. The largest absolute Gasteiger partial charge is 0.379 e. The molecule has 1 saturated heterocycles. The molecule has 2 N–H and O–H groups in total. The van der Waals surface area contributed by atoms with Crippen LogP contribution in [0.2, 0.25) is 0 Å². The van der Waals surface area contributed by atoms with E-state index in [2.05, 4.69) is 47.7 Å². The van der Waals surface area contributed by atoms with E-state index < -0.39 is 10.0 Å². The van der Waals surface area contributed by atoms with Crippen molar-refractivity contribution in [3.8, 4) is 0 Å². The molecule has 0 radical (unpaired) electrons. The molecule has 7 nitrogen and oxygen atoms in total. The normalized spacial score (nSPS) is 15.5. The zero-order chi connectivity index (χ0) is 20.9. The molecule has 2 aromatic rings. The molecule has 0 unspecified atom stereocenters. The number of rotatable bonds is 6. The van der Waals surface area contributed by atoms with Crippen LogP contribution in [0.1, 0.15) is 21.6 Å². The number of guanidine groups is 1. The van der Waals surface area contributed by atoms with Crippen molar-refractivity contribution in [2.45, 2.75) is 31.1 Å². The summed E-state index contributed by atoms with van der Waals surface area (Å²) in [6.45, 7) is 7.07. The van der Waals surface area contributed by atoms with Gasteiger partial charge in [0.2, 0.25) is 0 Å². The SMILES string of the molecule is CN=C(NCc1ccc(S(=O)(=O)N2CCOCC2)s1)NCc1ccc(C)cc1C.I. The van der Waals surface area contributed by atoms with E-state index in [0.717, 1.165) is 4.88 Å². The molecule has 3 rings (SSSR count). The van der Waals surface area contributed by atoms with E-state index in [9.17, 15) is 8.42 Å². The quantitative estimate of drug-likeness (QED) is 0.321. The second-order valence-corrected chi connectivity index (χ2v) is 10.3. The van der Waals surface area contributed by atoms with Crippen molar-refractivity contribution in [2.75, 3.05) is 33.4 Å². The minimum Gasteiger partial charge on any atom is -0.379 e. The highest BCUT2D eigenvalue weighted by Crippen LogP contribution is 2.25. The number of thiophene rings is 1. The third-order valence-electron chi connectivity index (χ3n) is 4.80. The van der Waals surface area contributed by atoms with Crippen LogP contribution in [-0.4, -0.2) is 52.0 Å². The second-order valence-electron chi connectivity index (χ2n) is 6.95. The van der Waals surface area contributed by atoms with Gasteiger partial charge in [-0.25, -0.2) is 8.42 Å². The van der Waals surface area contributed by atoms with Gasteiger partial charge >= 0.3 is 0 Å². The standard InChI is InChI=1S/C20H28N4O3S2.HI/c1-15-4-5-17(16(2)12-15)13-22-20(21-3)23-14-18-6-7-19(28-18)29(25,26)24-8-10-27-11-9-24;/h4-7,12H,8-11,13-14H2,1-3H3,(H2,21,22,23);1H. The van der Waals surface area contributed by atoms with Crippen molar-refractivity contribution < 1.29 is 13.2 Å². The van der Waals surface area contributed by atoms with Crippen molar-refractivity contribution in [2.24, 2.45) is 4.99 Å². The smallest absolute Gasteiger partial charge is 0.252 e. The van der Waals surface area contributed by atoms with Crippen LogP contribution < -0.4 is 10.6 Å². The van der Waals surface area contributed by atoms with Gasteiger partial charge in [0.15, 0.2) is 5.96 Å². The first-order valence-electron chi connectivity index (χ1n) is 9.57. The first-order chi connectivity index (χ1) is 13.9. The third kappa shape index (κ3) is 6.39. The fourth-order valence-corrected chi connectivity index (χ4v) is 5.98. The number of aliphatic imine (C=N–C) groups is 1. The van der Waals surface area contributed by atoms with Crippen LogP contribution >= 0.6 is 35.3 Å². The Morgan fingerprint density at radius 1 is 1.13 bits per heavy atom. The van der Waals surface area contributed by atoms with Gasteiger partial charge in [0.05, 0.1) is 19.8 Å². The Hall–Kier alpha value is -1.21. The molecular weight excluding hydrogens is 535 g/mol. The lowest BCUT2D eigenvalue weighted by Crippen LogP contribution is -2.40. The van der Waals surface area contributed by atoms with Crippen LogP contribution in [0, 0.1) is 13.8 Å². The molecule has 1 aliphatic heterocycles. The van der Waals surface area contributed by atoms with E-state index >= 15 is 0 Å². The predicted molar refractivity (Wildman–Crippen MR) is 132 cm³/mol. The van der Waals surface area contributed by atoms with E-state index in [1.807, 2.05) is 6.07 Å². The molecule has 0 amide bonds. The van der Waals surface area contributed by atoms with E-state index in [0.29, 0.717) is 49.6 Å².